The number of methoxy groups -OCH3 is 1. The fraction of sp³-hybridized carbons (Fsp3) is 0.143. The summed E-state index contributed by atoms with van der Waals surface area (Å²) >= 11 is 0. The number of hydrogen-bond acceptors (Lipinski definition) is 4. The molecular formula is C14H16N2O3S. The lowest BCUT2D eigenvalue weighted by Gasteiger charge is -2.13. The van der Waals surface area contributed by atoms with Gasteiger partial charge in [-0.2, -0.15) is 0 Å². The molecule has 106 valence electrons. The van der Waals surface area contributed by atoms with Gasteiger partial charge in [-0.05, 0) is 30.7 Å². The molecule has 5 nitrogen and oxygen atoms in total. The molecule has 2 aromatic carbocycles. The molecule has 0 spiro atoms. The highest BCUT2D eigenvalue weighted by Crippen LogP contribution is 2.28. The van der Waals surface area contributed by atoms with E-state index in [1.807, 2.05) is 19.1 Å². The van der Waals surface area contributed by atoms with Crippen LogP contribution in [0.5, 0.6) is 5.75 Å². The van der Waals surface area contributed by atoms with Crippen molar-refractivity contribution in [2.45, 2.75) is 11.8 Å². The number of nitrogens with two attached hydrogens (primary N) is 1. The maximum atomic E-state index is 12.4. The maximum Gasteiger partial charge on any atom is 0.265 e. The molecule has 0 amide bonds. The first-order chi connectivity index (χ1) is 9.44. The molecule has 6 heteroatoms. The Morgan fingerprint density at radius 3 is 2.50 bits per heavy atom. The van der Waals surface area contributed by atoms with Crippen molar-refractivity contribution in [3.8, 4) is 5.75 Å². The number of sulfonamides is 1. The van der Waals surface area contributed by atoms with Crippen molar-refractivity contribution in [3.05, 3.63) is 48.0 Å². The Hall–Kier alpha value is -2.21. The Bertz CT molecular complexity index is 727. The van der Waals surface area contributed by atoms with Crippen LogP contribution in [0, 0.1) is 6.92 Å². The summed E-state index contributed by atoms with van der Waals surface area (Å²) in [5.74, 6) is 0.214. The number of aryl methyl sites for hydroxylation is 1. The number of nitrogens with one attached hydrogen (secondary N) is 1. The molecule has 0 aromatic heterocycles. The van der Waals surface area contributed by atoms with E-state index in [1.54, 1.807) is 12.1 Å². The van der Waals surface area contributed by atoms with Gasteiger partial charge in [-0.1, -0.05) is 18.2 Å². The van der Waals surface area contributed by atoms with Gasteiger partial charge < -0.3 is 10.5 Å². The highest BCUT2D eigenvalue weighted by Gasteiger charge is 2.20. The highest BCUT2D eigenvalue weighted by atomic mass is 32.2. The Kier molecular flexibility index (Phi) is 3.85. The van der Waals surface area contributed by atoms with E-state index in [0.717, 1.165) is 5.56 Å². The zero-order valence-corrected chi connectivity index (χ0v) is 12.1. The standard InChI is InChI=1S/C14H16N2O3S/c1-10-5-3-4-6-12(10)16-20(17,18)14-8-7-11(15)9-13(14)19-2/h3-9,16H,15H2,1-2H3. The molecule has 0 radical (unpaired) electrons. The van der Waals surface area contributed by atoms with E-state index in [0.29, 0.717) is 11.4 Å². The lowest BCUT2D eigenvalue weighted by Crippen LogP contribution is -2.15. The average molecular weight is 292 g/mol. The summed E-state index contributed by atoms with van der Waals surface area (Å²) in [6.07, 6.45) is 0. The van der Waals surface area contributed by atoms with Crippen molar-refractivity contribution in [2.24, 2.45) is 0 Å². The van der Waals surface area contributed by atoms with Gasteiger partial charge in [0.2, 0.25) is 0 Å². The van der Waals surface area contributed by atoms with Crippen molar-refractivity contribution in [3.63, 3.8) is 0 Å². The number of hydrogen-bond donors (Lipinski definition) is 2. The number of ether oxygens (including phenoxy) is 1. The van der Waals surface area contributed by atoms with E-state index in [9.17, 15) is 8.42 Å². The zero-order chi connectivity index (χ0) is 14.8. The van der Waals surface area contributed by atoms with Gasteiger partial charge >= 0.3 is 0 Å². The topological polar surface area (TPSA) is 81.4 Å². The third kappa shape index (κ3) is 2.85. The van der Waals surface area contributed by atoms with Crippen molar-refractivity contribution in [2.75, 3.05) is 17.6 Å². The summed E-state index contributed by atoms with van der Waals surface area (Å²) in [7, 11) is -2.32. The molecule has 0 saturated carbocycles. The van der Waals surface area contributed by atoms with Gasteiger partial charge in [-0.25, -0.2) is 8.42 Å². The van der Waals surface area contributed by atoms with Crippen LogP contribution in [-0.2, 0) is 10.0 Å². The van der Waals surface area contributed by atoms with Crippen molar-refractivity contribution >= 4 is 21.4 Å². The van der Waals surface area contributed by atoms with Crippen LogP contribution in [0.2, 0.25) is 0 Å². The quantitative estimate of drug-likeness (QED) is 0.848. The van der Waals surface area contributed by atoms with E-state index >= 15 is 0 Å². The van der Waals surface area contributed by atoms with Crippen LogP contribution in [0.25, 0.3) is 0 Å². The molecule has 3 N–H and O–H groups in total. The number of nitrogen functional groups attached to an aromatic ring is 1. The first kappa shape index (κ1) is 14.2. The van der Waals surface area contributed by atoms with Gasteiger partial charge in [-0.3, -0.25) is 4.72 Å². The molecule has 0 fully saturated rings. The number of para-hydroxylation sites is 1. The second-order valence-corrected chi connectivity index (χ2v) is 5.98. The predicted octanol–water partition coefficient (Wildman–Crippen LogP) is 2.39. The molecule has 0 bridgehead atoms. The Morgan fingerprint density at radius 2 is 1.85 bits per heavy atom. The van der Waals surface area contributed by atoms with Crippen LogP contribution in [0.4, 0.5) is 11.4 Å². The summed E-state index contributed by atoms with van der Waals surface area (Å²) < 4.78 is 32.5. The maximum absolute atomic E-state index is 12.4. The smallest absolute Gasteiger partial charge is 0.265 e. The fourth-order valence-corrected chi connectivity index (χ4v) is 3.08. The Morgan fingerprint density at radius 1 is 1.15 bits per heavy atom. The van der Waals surface area contributed by atoms with Gasteiger partial charge in [0.15, 0.2) is 0 Å². The normalized spacial score (nSPS) is 11.1. The van der Waals surface area contributed by atoms with Gasteiger partial charge in [0.05, 0.1) is 12.8 Å². The Balaban J connectivity index is 2.44. The van der Waals surface area contributed by atoms with E-state index in [-0.39, 0.29) is 10.6 Å². The minimum absolute atomic E-state index is 0.0532. The minimum atomic E-state index is -3.73. The molecule has 0 atom stereocenters. The monoisotopic (exact) mass is 292 g/mol. The van der Waals surface area contributed by atoms with Crippen molar-refractivity contribution in [1.29, 1.82) is 0 Å². The lowest BCUT2D eigenvalue weighted by atomic mass is 10.2. The van der Waals surface area contributed by atoms with Crippen LogP contribution >= 0.6 is 0 Å². The molecule has 2 rings (SSSR count). The fourth-order valence-electron chi connectivity index (χ4n) is 1.79. The van der Waals surface area contributed by atoms with Crippen molar-refractivity contribution < 1.29 is 13.2 Å². The lowest BCUT2D eigenvalue weighted by molar-refractivity contribution is 0.403. The molecule has 0 saturated heterocycles. The van der Waals surface area contributed by atoms with Crippen LogP contribution in [-0.4, -0.2) is 15.5 Å². The number of rotatable bonds is 4. The summed E-state index contributed by atoms with van der Waals surface area (Å²) in [5.41, 5.74) is 7.44. The predicted molar refractivity (Wildman–Crippen MR) is 79.4 cm³/mol. The largest absolute Gasteiger partial charge is 0.495 e. The van der Waals surface area contributed by atoms with Crippen LogP contribution in [0.15, 0.2) is 47.4 Å². The number of anilines is 2. The molecule has 2 aromatic rings. The first-order valence-corrected chi connectivity index (χ1v) is 7.44. The first-order valence-electron chi connectivity index (χ1n) is 5.96. The van der Waals surface area contributed by atoms with E-state index in [1.165, 1.54) is 25.3 Å². The molecule has 0 unspecified atom stereocenters. The van der Waals surface area contributed by atoms with Gasteiger partial charge in [0.25, 0.3) is 10.0 Å². The summed E-state index contributed by atoms with van der Waals surface area (Å²) in [6, 6.07) is 11.6. The summed E-state index contributed by atoms with van der Waals surface area (Å²) in [4.78, 5) is 0.0532. The van der Waals surface area contributed by atoms with E-state index < -0.39 is 10.0 Å². The Labute approximate surface area is 118 Å². The van der Waals surface area contributed by atoms with E-state index in [2.05, 4.69) is 4.72 Å². The molecule has 20 heavy (non-hydrogen) atoms. The van der Waals surface area contributed by atoms with Gasteiger partial charge in [0.1, 0.15) is 10.6 Å². The second-order valence-electron chi connectivity index (χ2n) is 4.33. The number of benzene rings is 2. The summed E-state index contributed by atoms with van der Waals surface area (Å²) in [6.45, 7) is 1.83. The van der Waals surface area contributed by atoms with Crippen molar-refractivity contribution in [1.82, 2.24) is 0 Å². The van der Waals surface area contributed by atoms with Gasteiger partial charge in [-0.15, -0.1) is 0 Å². The van der Waals surface area contributed by atoms with E-state index in [4.69, 9.17) is 10.5 Å². The average Bonchev–Trinajstić information content (AvgIpc) is 2.40. The third-order valence-corrected chi connectivity index (χ3v) is 4.27. The minimum Gasteiger partial charge on any atom is -0.495 e. The zero-order valence-electron chi connectivity index (χ0n) is 11.3. The molecule has 0 aliphatic heterocycles. The van der Waals surface area contributed by atoms with Crippen LogP contribution in [0.3, 0.4) is 0 Å². The highest BCUT2D eigenvalue weighted by molar-refractivity contribution is 7.92. The third-order valence-electron chi connectivity index (χ3n) is 2.87. The molecule has 0 aliphatic rings. The molecule has 0 aliphatic carbocycles. The van der Waals surface area contributed by atoms with Gasteiger partial charge in [0, 0.05) is 11.8 Å². The van der Waals surface area contributed by atoms with Crippen LogP contribution < -0.4 is 15.2 Å². The second kappa shape index (κ2) is 5.42. The molecule has 0 heterocycles. The SMILES string of the molecule is COc1cc(N)ccc1S(=O)(=O)Nc1ccccc1C. The summed E-state index contributed by atoms with van der Waals surface area (Å²) in [5, 5.41) is 0. The molecular weight excluding hydrogens is 276 g/mol. The van der Waals surface area contributed by atoms with Crippen LogP contribution in [0.1, 0.15) is 5.56 Å².